The van der Waals surface area contributed by atoms with Crippen molar-refractivity contribution in [2.45, 2.75) is 19.8 Å². The van der Waals surface area contributed by atoms with Crippen molar-refractivity contribution in [3.8, 4) is 11.5 Å². The first-order valence-electron chi connectivity index (χ1n) is 5.95. The number of aliphatic carboxylic acids is 1. The summed E-state index contributed by atoms with van der Waals surface area (Å²) < 4.78 is 19.2. The van der Waals surface area contributed by atoms with E-state index in [1.165, 1.54) is 12.1 Å². The molecule has 1 heterocycles. The van der Waals surface area contributed by atoms with Crippen LogP contribution in [0.25, 0.3) is 11.5 Å². The number of carbonyl (C=O) groups is 1. The number of rotatable bonds is 5. The molecule has 0 bridgehead atoms. The quantitative estimate of drug-likeness (QED) is 0.794. The SMILES string of the molecule is CC(CC(=O)O)Cc1nnc(-c2ccc(F)cc2I)o1. The highest BCUT2D eigenvalue weighted by molar-refractivity contribution is 14.1. The second-order valence-electron chi connectivity index (χ2n) is 4.53. The lowest BCUT2D eigenvalue weighted by atomic mass is 10.0. The first kappa shape index (κ1) is 14.9. The first-order chi connectivity index (χ1) is 9.45. The summed E-state index contributed by atoms with van der Waals surface area (Å²) in [5.41, 5.74) is 0.664. The normalized spacial score (nSPS) is 12.3. The number of aromatic nitrogens is 2. The van der Waals surface area contributed by atoms with Crippen molar-refractivity contribution >= 4 is 28.6 Å². The molecule has 0 saturated heterocycles. The van der Waals surface area contributed by atoms with E-state index in [0.29, 0.717) is 27.3 Å². The smallest absolute Gasteiger partial charge is 0.303 e. The molecule has 0 aliphatic carbocycles. The van der Waals surface area contributed by atoms with Crippen LogP contribution in [0.5, 0.6) is 0 Å². The monoisotopic (exact) mass is 390 g/mol. The third-order valence-corrected chi connectivity index (χ3v) is 3.57. The molecule has 1 N–H and O–H groups in total. The molecule has 1 aromatic carbocycles. The van der Waals surface area contributed by atoms with Gasteiger partial charge >= 0.3 is 5.97 Å². The molecule has 7 heteroatoms. The summed E-state index contributed by atoms with van der Waals surface area (Å²) in [6.45, 7) is 1.81. The van der Waals surface area contributed by atoms with Crippen LogP contribution >= 0.6 is 22.6 Å². The van der Waals surface area contributed by atoms with E-state index in [2.05, 4.69) is 10.2 Å². The fraction of sp³-hybridized carbons (Fsp3) is 0.308. The number of hydrogen-bond acceptors (Lipinski definition) is 4. The average Bonchev–Trinajstić information content (AvgIpc) is 2.75. The number of halogens is 2. The second kappa shape index (κ2) is 6.29. The van der Waals surface area contributed by atoms with Gasteiger partial charge in [-0.2, -0.15) is 0 Å². The van der Waals surface area contributed by atoms with E-state index in [0.717, 1.165) is 0 Å². The molecule has 0 radical (unpaired) electrons. The number of benzene rings is 1. The van der Waals surface area contributed by atoms with Gasteiger partial charge < -0.3 is 9.52 Å². The second-order valence-corrected chi connectivity index (χ2v) is 5.69. The number of nitrogens with zero attached hydrogens (tertiary/aromatic N) is 2. The summed E-state index contributed by atoms with van der Waals surface area (Å²) in [7, 11) is 0. The minimum Gasteiger partial charge on any atom is -0.481 e. The Morgan fingerprint density at radius 3 is 2.90 bits per heavy atom. The molecular formula is C13H12FIN2O3. The zero-order chi connectivity index (χ0) is 14.7. The molecule has 0 saturated carbocycles. The van der Waals surface area contributed by atoms with Crippen LogP contribution in [0, 0.1) is 15.3 Å². The van der Waals surface area contributed by atoms with Crippen LogP contribution in [0.3, 0.4) is 0 Å². The van der Waals surface area contributed by atoms with Crippen LogP contribution in [0.2, 0.25) is 0 Å². The van der Waals surface area contributed by atoms with E-state index in [4.69, 9.17) is 9.52 Å². The van der Waals surface area contributed by atoms with Gasteiger partial charge in [0.25, 0.3) is 0 Å². The lowest BCUT2D eigenvalue weighted by molar-refractivity contribution is -0.137. The van der Waals surface area contributed by atoms with Crippen molar-refractivity contribution in [2.24, 2.45) is 5.92 Å². The third-order valence-electron chi connectivity index (χ3n) is 2.67. The molecule has 0 fully saturated rings. The van der Waals surface area contributed by atoms with E-state index >= 15 is 0 Å². The highest BCUT2D eigenvalue weighted by Crippen LogP contribution is 2.25. The van der Waals surface area contributed by atoms with Crippen LogP contribution in [0.1, 0.15) is 19.2 Å². The van der Waals surface area contributed by atoms with Crippen molar-refractivity contribution in [1.82, 2.24) is 10.2 Å². The summed E-state index contributed by atoms with van der Waals surface area (Å²) in [5.74, 6) is -0.577. The average molecular weight is 390 g/mol. The number of hydrogen-bond donors (Lipinski definition) is 1. The maximum absolute atomic E-state index is 13.0. The van der Waals surface area contributed by atoms with Gasteiger partial charge in [0.2, 0.25) is 11.8 Å². The highest BCUT2D eigenvalue weighted by atomic mass is 127. The Morgan fingerprint density at radius 2 is 2.25 bits per heavy atom. The van der Waals surface area contributed by atoms with Crippen molar-refractivity contribution in [3.05, 3.63) is 33.5 Å². The Bertz CT molecular complexity index is 630. The van der Waals surface area contributed by atoms with Crippen molar-refractivity contribution in [3.63, 3.8) is 0 Å². The van der Waals surface area contributed by atoms with Crippen LogP contribution < -0.4 is 0 Å². The van der Waals surface area contributed by atoms with Gasteiger partial charge in [0.1, 0.15) is 5.82 Å². The van der Waals surface area contributed by atoms with Crippen molar-refractivity contribution in [1.29, 1.82) is 0 Å². The zero-order valence-electron chi connectivity index (χ0n) is 10.6. The van der Waals surface area contributed by atoms with Gasteiger partial charge in [-0.05, 0) is 46.7 Å². The molecule has 2 rings (SSSR count). The van der Waals surface area contributed by atoms with E-state index in [-0.39, 0.29) is 18.2 Å². The summed E-state index contributed by atoms with van der Waals surface area (Å²) >= 11 is 1.99. The Kier molecular flexibility index (Phi) is 4.69. The maximum Gasteiger partial charge on any atom is 0.303 e. The summed E-state index contributed by atoms with van der Waals surface area (Å²) in [6, 6.07) is 4.29. The van der Waals surface area contributed by atoms with E-state index in [1.807, 2.05) is 22.6 Å². The topological polar surface area (TPSA) is 76.2 Å². The molecule has 0 aliphatic heterocycles. The number of carboxylic acids is 1. The van der Waals surface area contributed by atoms with Gasteiger partial charge in [-0.15, -0.1) is 10.2 Å². The zero-order valence-corrected chi connectivity index (χ0v) is 12.8. The lowest BCUT2D eigenvalue weighted by Crippen LogP contribution is -2.07. The first-order valence-corrected chi connectivity index (χ1v) is 7.03. The summed E-state index contributed by atoms with van der Waals surface area (Å²) in [5, 5.41) is 16.5. The van der Waals surface area contributed by atoms with Gasteiger partial charge in [0, 0.05) is 16.4 Å². The van der Waals surface area contributed by atoms with Crippen LogP contribution in [-0.4, -0.2) is 21.3 Å². The van der Waals surface area contributed by atoms with E-state index < -0.39 is 5.97 Å². The molecule has 2 aromatic rings. The summed E-state index contributed by atoms with van der Waals surface area (Å²) in [6.07, 6.45) is 0.447. The molecule has 1 aromatic heterocycles. The van der Waals surface area contributed by atoms with Gasteiger partial charge in [0.05, 0.1) is 5.56 Å². The Hall–Kier alpha value is -1.51. The Morgan fingerprint density at radius 1 is 1.50 bits per heavy atom. The van der Waals surface area contributed by atoms with Crippen LogP contribution in [0.15, 0.2) is 22.6 Å². The standard InChI is InChI=1S/C13H12FIN2O3/c1-7(5-12(18)19)4-11-16-17-13(20-11)9-3-2-8(14)6-10(9)15/h2-3,6-7H,4-5H2,1H3,(H,18,19). The molecule has 1 unspecified atom stereocenters. The van der Waals surface area contributed by atoms with E-state index in [1.54, 1.807) is 13.0 Å². The minimum absolute atomic E-state index is 0.0474. The lowest BCUT2D eigenvalue weighted by Gasteiger charge is -2.03. The minimum atomic E-state index is -0.856. The molecule has 1 atom stereocenters. The molecular weight excluding hydrogens is 378 g/mol. The van der Waals surface area contributed by atoms with Gasteiger partial charge in [-0.1, -0.05) is 6.92 Å². The molecule has 0 spiro atoms. The van der Waals surface area contributed by atoms with E-state index in [9.17, 15) is 9.18 Å². The molecule has 0 amide bonds. The summed E-state index contributed by atoms with van der Waals surface area (Å²) in [4.78, 5) is 10.6. The number of carboxylic acid groups (broad SMARTS) is 1. The predicted molar refractivity (Wildman–Crippen MR) is 77.5 cm³/mol. The van der Waals surface area contributed by atoms with Gasteiger partial charge in [0.15, 0.2) is 0 Å². The Labute approximate surface area is 128 Å². The highest BCUT2D eigenvalue weighted by Gasteiger charge is 2.15. The fourth-order valence-corrected chi connectivity index (χ4v) is 2.48. The van der Waals surface area contributed by atoms with Crippen molar-refractivity contribution < 1.29 is 18.7 Å². The van der Waals surface area contributed by atoms with Crippen LogP contribution in [0.4, 0.5) is 4.39 Å². The van der Waals surface area contributed by atoms with Crippen molar-refractivity contribution in [2.75, 3.05) is 0 Å². The predicted octanol–water partition coefficient (Wildman–Crippen LogP) is 3.13. The third kappa shape index (κ3) is 3.75. The van der Waals surface area contributed by atoms with Gasteiger partial charge in [-0.3, -0.25) is 4.79 Å². The van der Waals surface area contributed by atoms with Crippen LogP contribution in [-0.2, 0) is 11.2 Å². The Balaban J connectivity index is 2.14. The molecule has 5 nitrogen and oxygen atoms in total. The molecule has 20 heavy (non-hydrogen) atoms. The largest absolute Gasteiger partial charge is 0.481 e. The fourth-order valence-electron chi connectivity index (χ4n) is 1.78. The molecule has 0 aliphatic rings. The molecule has 106 valence electrons. The van der Waals surface area contributed by atoms with Gasteiger partial charge in [-0.25, -0.2) is 4.39 Å². The maximum atomic E-state index is 13.0.